The fraction of sp³-hybridized carbons (Fsp3) is 0.571. The van der Waals surface area contributed by atoms with Crippen molar-refractivity contribution in [3.05, 3.63) is 0 Å². The van der Waals surface area contributed by atoms with Crippen LogP contribution in [0, 0.1) is 0 Å². The predicted molar refractivity (Wildman–Crippen MR) is 50.4 cm³/mol. The van der Waals surface area contributed by atoms with Gasteiger partial charge >= 0.3 is 65.1 Å². The van der Waals surface area contributed by atoms with Gasteiger partial charge in [-0.1, -0.05) is 0 Å². The van der Waals surface area contributed by atoms with Crippen molar-refractivity contribution in [1.82, 2.24) is 5.32 Å². The molecule has 0 amide bonds. The van der Waals surface area contributed by atoms with E-state index in [1.807, 2.05) is 0 Å². The first-order valence-electron chi connectivity index (χ1n) is 3.49. The topological polar surface area (TPSA) is 124 Å². The quantitative estimate of drug-likeness (QED) is 0.363. The maximum atomic E-state index is 9.54. The van der Waals surface area contributed by atoms with Crippen molar-refractivity contribution in [2.75, 3.05) is 13.6 Å². The molecule has 0 aliphatic heterocycles. The number of carboxylic acid groups (broad SMARTS) is 3. The van der Waals surface area contributed by atoms with Gasteiger partial charge in [0.05, 0.1) is 6.54 Å². The van der Waals surface area contributed by atoms with E-state index in [1.165, 1.54) is 0 Å². The Morgan fingerprint density at radius 3 is 1.19 bits per heavy atom. The van der Waals surface area contributed by atoms with Crippen LogP contribution >= 0.6 is 0 Å². The summed E-state index contributed by atoms with van der Waals surface area (Å²) in [5.74, 6) is -2.49. The van der Waals surface area contributed by atoms with Crippen molar-refractivity contribution >= 4 is 17.9 Å². The molecule has 0 radical (unpaired) electrons. The monoisotopic (exact) mass is 257 g/mol. The van der Waals surface area contributed by atoms with Crippen molar-refractivity contribution in [2.45, 2.75) is 13.8 Å². The second-order valence-corrected chi connectivity index (χ2v) is 1.96. The van der Waals surface area contributed by atoms with Gasteiger partial charge in [-0.2, -0.15) is 0 Å². The second-order valence-electron chi connectivity index (χ2n) is 1.96. The summed E-state index contributed by atoms with van der Waals surface area (Å²) in [7, 11) is 1.59. The van der Waals surface area contributed by atoms with Crippen molar-refractivity contribution in [1.29, 1.82) is 0 Å². The Bertz CT molecular complexity index is 177. The third kappa shape index (κ3) is 226. The van der Waals surface area contributed by atoms with Crippen LogP contribution in [0.4, 0.5) is 0 Å². The molecule has 0 aromatic carbocycles. The summed E-state index contributed by atoms with van der Waals surface area (Å²) >= 11 is 0. The number of nitrogens with one attached hydrogen (secondary N) is 1. The molecule has 0 aliphatic carbocycles. The zero-order valence-corrected chi connectivity index (χ0v) is 14.3. The molecule has 16 heavy (non-hydrogen) atoms. The second kappa shape index (κ2) is 24.6. The van der Waals surface area contributed by atoms with Gasteiger partial charge in [-0.25, -0.2) is 0 Å². The van der Waals surface area contributed by atoms with E-state index in [1.54, 1.807) is 7.05 Å². The van der Waals surface area contributed by atoms with Crippen LogP contribution in [0.2, 0.25) is 0 Å². The summed E-state index contributed by atoms with van der Waals surface area (Å²) in [4.78, 5) is 27.5. The largest absolute Gasteiger partial charge is 1.00 e. The summed E-state index contributed by atoms with van der Waals surface area (Å²) in [5.41, 5.74) is 0. The number of rotatable bonds is 2. The van der Waals surface area contributed by atoms with E-state index in [0.717, 1.165) is 13.8 Å². The first-order chi connectivity index (χ1) is 6.23. The average Bonchev–Trinajstić information content (AvgIpc) is 1.82. The molecule has 0 atom stereocenters. The average molecular weight is 257 g/mol. The molecule has 0 aromatic heterocycles. The van der Waals surface area contributed by atoms with E-state index in [-0.39, 0.29) is 68.5 Å². The maximum Gasteiger partial charge on any atom is 1.00 e. The van der Waals surface area contributed by atoms with Gasteiger partial charge in [-0.3, -0.25) is 14.4 Å². The SMILES string of the molecule is CC(=O)O.CC(=O)O.CNCC(=O)O.[H-].[H-].[Na+].[Na+]. The van der Waals surface area contributed by atoms with Crippen molar-refractivity contribution < 1.29 is 91.7 Å². The molecule has 0 unspecified atom stereocenters. The van der Waals surface area contributed by atoms with Crippen LogP contribution in [-0.2, 0) is 14.4 Å². The predicted octanol–water partition coefficient (Wildman–Crippen LogP) is -6.29. The van der Waals surface area contributed by atoms with Gasteiger partial charge in [-0.15, -0.1) is 0 Å². The fourth-order valence-electron chi connectivity index (χ4n) is 0.151. The van der Waals surface area contributed by atoms with E-state index in [0.29, 0.717) is 0 Å². The number of likely N-dealkylation sites (N-methyl/N-ethyl adjacent to an activating group) is 1. The molecular weight excluding hydrogens is 240 g/mol. The first-order valence-corrected chi connectivity index (χ1v) is 3.49. The Hall–Kier alpha value is 0.370. The molecule has 0 aliphatic rings. The minimum Gasteiger partial charge on any atom is -1.00 e. The molecular formula is C7H17NNa2O6. The van der Waals surface area contributed by atoms with E-state index < -0.39 is 17.9 Å². The molecule has 7 nitrogen and oxygen atoms in total. The fourth-order valence-corrected chi connectivity index (χ4v) is 0.151. The number of hydrogen-bond donors (Lipinski definition) is 4. The summed E-state index contributed by atoms with van der Waals surface area (Å²) in [6.07, 6.45) is 0. The van der Waals surface area contributed by atoms with E-state index >= 15 is 0 Å². The molecule has 4 N–H and O–H groups in total. The molecule has 0 saturated carbocycles. The van der Waals surface area contributed by atoms with Gasteiger partial charge in [-0.05, 0) is 7.05 Å². The normalized spacial score (nSPS) is 6.19. The number of hydrogen-bond acceptors (Lipinski definition) is 4. The summed E-state index contributed by atoms with van der Waals surface area (Å²) < 4.78 is 0. The molecule has 0 bridgehead atoms. The number of aliphatic carboxylic acids is 3. The molecule has 0 rings (SSSR count). The third-order valence-corrected chi connectivity index (χ3v) is 0.328. The molecule has 0 saturated heterocycles. The molecule has 0 aromatic rings. The van der Waals surface area contributed by atoms with Gasteiger partial charge in [0.25, 0.3) is 11.9 Å². The minimum atomic E-state index is -0.833. The molecule has 0 fully saturated rings. The number of carbonyl (C=O) groups is 3. The van der Waals surface area contributed by atoms with Crippen LogP contribution in [0.25, 0.3) is 0 Å². The van der Waals surface area contributed by atoms with E-state index in [9.17, 15) is 4.79 Å². The van der Waals surface area contributed by atoms with Crippen LogP contribution in [0.5, 0.6) is 0 Å². The summed E-state index contributed by atoms with van der Waals surface area (Å²) in [6, 6.07) is 0. The Labute approximate surface area is 141 Å². The van der Waals surface area contributed by atoms with E-state index in [4.69, 9.17) is 24.9 Å². The van der Waals surface area contributed by atoms with Gasteiger partial charge in [0, 0.05) is 13.8 Å². The van der Waals surface area contributed by atoms with Crippen LogP contribution in [0.1, 0.15) is 16.7 Å². The van der Waals surface area contributed by atoms with Gasteiger partial charge < -0.3 is 23.5 Å². The van der Waals surface area contributed by atoms with Crippen LogP contribution in [0.3, 0.4) is 0 Å². The minimum absolute atomic E-state index is 0. The third-order valence-electron chi connectivity index (χ3n) is 0.328. The van der Waals surface area contributed by atoms with Crippen molar-refractivity contribution in [3.63, 3.8) is 0 Å². The molecule has 0 spiro atoms. The molecule has 9 heteroatoms. The Morgan fingerprint density at radius 1 is 1.00 bits per heavy atom. The molecule has 0 heterocycles. The Balaban J connectivity index is -0.0000000186. The van der Waals surface area contributed by atoms with Crippen LogP contribution in [0.15, 0.2) is 0 Å². The van der Waals surface area contributed by atoms with Gasteiger partial charge in [0.1, 0.15) is 0 Å². The van der Waals surface area contributed by atoms with Gasteiger partial charge in [0.2, 0.25) is 0 Å². The van der Waals surface area contributed by atoms with Crippen LogP contribution in [-0.4, -0.2) is 46.8 Å². The van der Waals surface area contributed by atoms with Crippen LogP contribution < -0.4 is 64.4 Å². The summed E-state index contributed by atoms with van der Waals surface area (Å²) in [5, 5.41) is 25.2. The standard InChI is InChI=1S/C3H7NO2.2C2H4O2.2Na.2H/c1-4-2-3(5)6;2*1-2(3)4;;;;/h4H,2H2,1H3,(H,5,6);2*1H3,(H,3,4);;;;/q;;;2*+1;2*-1. The van der Waals surface area contributed by atoms with Crippen molar-refractivity contribution in [3.8, 4) is 0 Å². The number of carboxylic acids is 3. The maximum absolute atomic E-state index is 9.54. The molecule has 88 valence electrons. The zero-order chi connectivity index (χ0) is 12.1. The smallest absolute Gasteiger partial charge is 1.00 e. The Morgan fingerprint density at radius 2 is 1.19 bits per heavy atom. The Kier molecular flexibility index (Phi) is 45.9. The first kappa shape index (κ1) is 29.9. The van der Waals surface area contributed by atoms with Gasteiger partial charge in [0.15, 0.2) is 0 Å². The van der Waals surface area contributed by atoms with E-state index in [2.05, 4.69) is 5.32 Å². The summed E-state index contributed by atoms with van der Waals surface area (Å²) in [6.45, 7) is 2.21. The zero-order valence-electron chi connectivity index (χ0n) is 12.3. The van der Waals surface area contributed by atoms with Crippen molar-refractivity contribution in [2.24, 2.45) is 0 Å².